The Morgan fingerprint density at radius 3 is 2.65 bits per heavy atom. The summed E-state index contributed by atoms with van der Waals surface area (Å²) in [6.07, 6.45) is 0. The topological polar surface area (TPSA) is 28.7 Å². The molecule has 17 heavy (non-hydrogen) atoms. The summed E-state index contributed by atoms with van der Waals surface area (Å²) in [5.41, 5.74) is 1.68. The van der Waals surface area contributed by atoms with E-state index in [9.17, 15) is 4.39 Å². The van der Waals surface area contributed by atoms with Crippen LogP contribution in [-0.2, 0) is 5.33 Å². The SMILES string of the molecule is N#Cc1ccc(Br)n1-c1ccc(CBr)c(F)c1. The van der Waals surface area contributed by atoms with Crippen LogP contribution in [-0.4, -0.2) is 4.57 Å². The molecule has 0 fully saturated rings. The van der Waals surface area contributed by atoms with Gasteiger partial charge in [0.1, 0.15) is 17.6 Å². The van der Waals surface area contributed by atoms with Crippen molar-refractivity contribution >= 4 is 31.9 Å². The number of rotatable bonds is 2. The molecule has 0 radical (unpaired) electrons. The summed E-state index contributed by atoms with van der Waals surface area (Å²) >= 11 is 6.55. The van der Waals surface area contributed by atoms with Crippen molar-refractivity contribution in [3.8, 4) is 11.8 Å². The first-order valence-corrected chi connectivity index (χ1v) is 6.71. The lowest BCUT2D eigenvalue weighted by Gasteiger charge is -2.08. The molecule has 0 atom stereocenters. The maximum absolute atomic E-state index is 13.7. The third kappa shape index (κ3) is 2.28. The van der Waals surface area contributed by atoms with Crippen molar-refractivity contribution in [2.45, 2.75) is 5.33 Å². The summed E-state index contributed by atoms with van der Waals surface area (Å²) in [5.74, 6) is -0.288. The maximum atomic E-state index is 13.7. The predicted molar refractivity (Wildman–Crippen MR) is 70.8 cm³/mol. The fraction of sp³-hybridized carbons (Fsp3) is 0.0833. The Morgan fingerprint density at radius 1 is 1.29 bits per heavy atom. The third-order valence-electron chi connectivity index (χ3n) is 2.39. The molecule has 0 amide bonds. The second-order valence-electron chi connectivity index (χ2n) is 3.40. The van der Waals surface area contributed by atoms with E-state index in [1.54, 1.807) is 28.8 Å². The minimum atomic E-state index is -0.288. The van der Waals surface area contributed by atoms with Gasteiger partial charge in [-0.1, -0.05) is 22.0 Å². The molecule has 1 aromatic heterocycles. The van der Waals surface area contributed by atoms with Gasteiger partial charge >= 0.3 is 0 Å². The zero-order chi connectivity index (χ0) is 12.4. The number of nitrogens with zero attached hydrogens (tertiary/aromatic N) is 2. The van der Waals surface area contributed by atoms with Gasteiger partial charge in [-0.15, -0.1) is 0 Å². The van der Waals surface area contributed by atoms with E-state index >= 15 is 0 Å². The van der Waals surface area contributed by atoms with Gasteiger partial charge in [0.25, 0.3) is 0 Å². The molecule has 1 heterocycles. The van der Waals surface area contributed by atoms with Gasteiger partial charge in [-0.25, -0.2) is 4.39 Å². The fourth-order valence-electron chi connectivity index (χ4n) is 1.55. The van der Waals surface area contributed by atoms with Gasteiger partial charge in [-0.3, -0.25) is 4.57 Å². The molecule has 0 saturated heterocycles. The standard InChI is InChI=1S/C12H7Br2FN2/c13-6-8-1-2-9(5-11(8)15)17-10(7-16)3-4-12(17)14/h1-5H,6H2. The molecule has 0 saturated carbocycles. The van der Waals surface area contributed by atoms with Gasteiger partial charge in [0.15, 0.2) is 0 Å². The zero-order valence-corrected chi connectivity index (χ0v) is 11.8. The average Bonchev–Trinajstić information content (AvgIpc) is 2.70. The van der Waals surface area contributed by atoms with Crippen molar-refractivity contribution in [3.63, 3.8) is 0 Å². The highest BCUT2D eigenvalue weighted by Gasteiger charge is 2.10. The minimum absolute atomic E-state index is 0.288. The van der Waals surface area contributed by atoms with Crippen LogP contribution >= 0.6 is 31.9 Å². The predicted octanol–water partition coefficient (Wildman–Crippen LogP) is 4.15. The molecule has 5 heteroatoms. The van der Waals surface area contributed by atoms with Crippen LogP contribution in [0, 0.1) is 17.1 Å². The van der Waals surface area contributed by atoms with E-state index in [1.165, 1.54) is 6.07 Å². The number of halogens is 3. The minimum Gasteiger partial charge on any atom is -0.295 e. The number of benzene rings is 1. The van der Waals surface area contributed by atoms with Gasteiger partial charge < -0.3 is 0 Å². The number of alkyl halides is 1. The van der Waals surface area contributed by atoms with Crippen LogP contribution in [0.2, 0.25) is 0 Å². The van der Waals surface area contributed by atoms with Crippen molar-refractivity contribution in [2.75, 3.05) is 0 Å². The first-order chi connectivity index (χ1) is 8.17. The lowest BCUT2D eigenvalue weighted by molar-refractivity contribution is 0.616. The summed E-state index contributed by atoms with van der Waals surface area (Å²) in [4.78, 5) is 0. The van der Waals surface area contributed by atoms with Gasteiger partial charge in [-0.2, -0.15) is 5.26 Å². The number of nitriles is 1. The second kappa shape index (κ2) is 5.03. The fourth-order valence-corrected chi connectivity index (χ4v) is 2.53. The van der Waals surface area contributed by atoms with Crippen molar-refractivity contribution in [1.82, 2.24) is 4.57 Å². The summed E-state index contributed by atoms with van der Waals surface area (Å²) in [6, 6.07) is 10.4. The van der Waals surface area contributed by atoms with E-state index in [0.717, 1.165) is 4.60 Å². The molecule has 2 rings (SSSR count). The van der Waals surface area contributed by atoms with Gasteiger partial charge in [-0.05, 0) is 45.8 Å². The monoisotopic (exact) mass is 356 g/mol. The Bertz CT molecular complexity index is 599. The molecule has 86 valence electrons. The van der Waals surface area contributed by atoms with E-state index in [1.807, 2.05) is 0 Å². The van der Waals surface area contributed by atoms with Crippen LogP contribution in [0.5, 0.6) is 0 Å². The Morgan fingerprint density at radius 2 is 2.06 bits per heavy atom. The summed E-state index contributed by atoms with van der Waals surface area (Å²) in [7, 11) is 0. The highest BCUT2D eigenvalue weighted by atomic mass is 79.9. The van der Waals surface area contributed by atoms with Crippen molar-refractivity contribution in [1.29, 1.82) is 5.26 Å². The molecule has 0 spiro atoms. The van der Waals surface area contributed by atoms with Crippen molar-refractivity contribution < 1.29 is 4.39 Å². The summed E-state index contributed by atoms with van der Waals surface area (Å²) in [6.45, 7) is 0. The van der Waals surface area contributed by atoms with Crippen LogP contribution in [0.3, 0.4) is 0 Å². The molecule has 1 aromatic carbocycles. The molecular formula is C12H7Br2FN2. The van der Waals surface area contributed by atoms with Gasteiger partial charge in [0.2, 0.25) is 0 Å². The molecule has 0 aliphatic heterocycles. The number of aromatic nitrogens is 1. The lowest BCUT2D eigenvalue weighted by Crippen LogP contribution is -1.99. The number of hydrogen-bond acceptors (Lipinski definition) is 1. The quantitative estimate of drug-likeness (QED) is 0.742. The Balaban J connectivity index is 2.58. The molecule has 0 aliphatic carbocycles. The molecule has 2 nitrogen and oxygen atoms in total. The zero-order valence-electron chi connectivity index (χ0n) is 8.62. The van der Waals surface area contributed by atoms with Crippen LogP contribution in [0.25, 0.3) is 5.69 Å². The van der Waals surface area contributed by atoms with Gasteiger partial charge in [0, 0.05) is 5.33 Å². The van der Waals surface area contributed by atoms with E-state index in [-0.39, 0.29) is 5.82 Å². The van der Waals surface area contributed by atoms with Crippen molar-refractivity contribution in [2.24, 2.45) is 0 Å². The van der Waals surface area contributed by atoms with Crippen LogP contribution < -0.4 is 0 Å². The Labute approximate surface area is 115 Å². The van der Waals surface area contributed by atoms with Crippen LogP contribution in [0.4, 0.5) is 4.39 Å². The van der Waals surface area contributed by atoms with Crippen LogP contribution in [0.1, 0.15) is 11.3 Å². The Hall–Kier alpha value is -1.12. The first kappa shape index (κ1) is 12.3. The highest BCUT2D eigenvalue weighted by molar-refractivity contribution is 9.10. The maximum Gasteiger partial charge on any atom is 0.129 e. The highest BCUT2D eigenvalue weighted by Crippen LogP contribution is 2.23. The Kier molecular flexibility index (Phi) is 3.65. The number of hydrogen-bond donors (Lipinski definition) is 0. The summed E-state index contributed by atoms with van der Waals surface area (Å²) < 4.78 is 16.0. The molecule has 0 N–H and O–H groups in total. The first-order valence-electron chi connectivity index (χ1n) is 4.79. The van der Waals surface area contributed by atoms with E-state index < -0.39 is 0 Å². The molecule has 2 aromatic rings. The second-order valence-corrected chi connectivity index (χ2v) is 4.77. The van der Waals surface area contributed by atoms with Crippen molar-refractivity contribution in [3.05, 3.63) is 52.0 Å². The summed E-state index contributed by atoms with van der Waals surface area (Å²) in [5, 5.41) is 9.44. The smallest absolute Gasteiger partial charge is 0.129 e. The largest absolute Gasteiger partial charge is 0.295 e. The molecule has 0 aliphatic rings. The molecule has 0 unspecified atom stereocenters. The van der Waals surface area contributed by atoms with E-state index in [4.69, 9.17) is 5.26 Å². The molecule has 0 bridgehead atoms. The normalized spacial score (nSPS) is 10.2. The lowest BCUT2D eigenvalue weighted by atomic mass is 10.2. The molecular weight excluding hydrogens is 351 g/mol. The third-order valence-corrected chi connectivity index (χ3v) is 3.61. The van der Waals surface area contributed by atoms with Crippen LogP contribution in [0.15, 0.2) is 34.9 Å². The average molecular weight is 358 g/mol. The van der Waals surface area contributed by atoms with Gasteiger partial charge in [0.05, 0.1) is 10.3 Å². The van der Waals surface area contributed by atoms with E-state index in [2.05, 4.69) is 37.9 Å². The van der Waals surface area contributed by atoms with E-state index in [0.29, 0.717) is 22.3 Å².